The maximum Gasteiger partial charge on any atom is 0.150 e. The van der Waals surface area contributed by atoms with Crippen molar-refractivity contribution >= 4 is 9.84 Å². The van der Waals surface area contributed by atoms with Gasteiger partial charge in [0.15, 0.2) is 0 Å². The fourth-order valence-electron chi connectivity index (χ4n) is 1.48. The molecule has 1 N–H and O–H groups in total. The van der Waals surface area contributed by atoms with Crippen LogP contribution in [0.5, 0.6) is 0 Å². The van der Waals surface area contributed by atoms with Gasteiger partial charge < -0.3 is 9.84 Å². The Labute approximate surface area is 84.6 Å². The summed E-state index contributed by atoms with van der Waals surface area (Å²) in [5, 5.41) is 9.48. The van der Waals surface area contributed by atoms with Crippen LogP contribution in [0.1, 0.15) is 0 Å². The second-order valence-electron chi connectivity index (χ2n) is 3.66. The second kappa shape index (κ2) is 5.06. The molecule has 0 saturated carbocycles. The molecule has 1 aliphatic rings. The Kier molecular flexibility index (Phi) is 4.31. The van der Waals surface area contributed by atoms with Gasteiger partial charge in [0.05, 0.1) is 25.1 Å². The van der Waals surface area contributed by atoms with E-state index in [0.717, 1.165) is 19.3 Å². The average molecular weight is 223 g/mol. The number of morpholine rings is 1. The first-order valence-corrected chi connectivity index (χ1v) is 6.69. The largest absolute Gasteiger partial charge is 0.391 e. The van der Waals surface area contributed by atoms with Crippen LogP contribution in [-0.2, 0) is 14.6 Å². The van der Waals surface area contributed by atoms with Crippen LogP contribution in [0.15, 0.2) is 0 Å². The molecule has 1 aliphatic heterocycles. The van der Waals surface area contributed by atoms with Gasteiger partial charge in [-0.3, -0.25) is 4.90 Å². The van der Waals surface area contributed by atoms with Crippen molar-refractivity contribution in [2.75, 3.05) is 44.9 Å². The maximum absolute atomic E-state index is 10.9. The molecule has 84 valence electrons. The van der Waals surface area contributed by atoms with Gasteiger partial charge in [-0.15, -0.1) is 0 Å². The summed E-state index contributed by atoms with van der Waals surface area (Å²) in [6.45, 7) is 3.26. The zero-order valence-corrected chi connectivity index (χ0v) is 9.16. The summed E-state index contributed by atoms with van der Waals surface area (Å²) in [6, 6.07) is 0. The highest BCUT2D eigenvalue weighted by atomic mass is 32.2. The Hall–Kier alpha value is -0.170. The molecular formula is C8H17NO4S. The molecule has 1 unspecified atom stereocenters. The van der Waals surface area contributed by atoms with Crippen LogP contribution in [0, 0.1) is 0 Å². The molecule has 0 aliphatic carbocycles. The molecule has 0 bridgehead atoms. The van der Waals surface area contributed by atoms with Gasteiger partial charge >= 0.3 is 0 Å². The monoisotopic (exact) mass is 223 g/mol. The van der Waals surface area contributed by atoms with E-state index in [2.05, 4.69) is 0 Å². The van der Waals surface area contributed by atoms with E-state index >= 15 is 0 Å². The Morgan fingerprint density at radius 2 is 2.00 bits per heavy atom. The lowest BCUT2D eigenvalue weighted by atomic mass is 10.3. The molecule has 0 radical (unpaired) electrons. The van der Waals surface area contributed by atoms with Gasteiger partial charge in [0.25, 0.3) is 0 Å². The minimum atomic E-state index is -3.08. The molecule has 1 heterocycles. The lowest BCUT2D eigenvalue weighted by molar-refractivity contribution is 0.0186. The van der Waals surface area contributed by atoms with E-state index in [1.807, 2.05) is 4.90 Å². The van der Waals surface area contributed by atoms with Crippen molar-refractivity contribution < 1.29 is 18.3 Å². The van der Waals surface area contributed by atoms with Gasteiger partial charge in [0, 0.05) is 25.9 Å². The molecule has 0 aromatic rings. The molecule has 14 heavy (non-hydrogen) atoms. The summed E-state index contributed by atoms with van der Waals surface area (Å²) >= 11 is 0. The molecule has 0 aromatic carbocycles. The van der Waals surface area contributed by atoms with Crippen molar-refractivity contribution in [1.29, 1.82) is 0 Å². The number of rotatable bonds is 4. The Balaban J connectivity index is 2.28. The van der Waals surface area contributed by atoms with Gasteiger partial charge in [-0.05, 0) is 0 Å². The smallest absolute Gasteiger partial charge is 0.150 e. The zero-order chi connectivity index (χ0) is 10.6. The van der Waals surface area contributed by atoms with Crippen molar-refractivity contribution in [3.05, 3.63) is 0 Å². The summed E-state index contributed by atoms with van der Waals surface area (Å²) in [5.74, 6) is -0.162. The highest BCUT2D eigenvalue weighted by Gasteiger charge is 2.17. The van der Waals surface area contributed by atoms with Crippen LogP contribution < -0.4 is 0 Å². The Morgan fingerprint density at radius 3 is 2.50 bits per heavy atom. The van der Waals surface area contributed by atoms with Crippen molar-refractivity contribution in [3.8, 4) is 0 Å². The summed E-state index contributed by atoms with van der Waals surface area (Å²) in [6.07, 6.45) is 0.346. The molecule has 0 amide bonds. The number of hydrogen-bond acceptors (Lipinski definition) is 5. The zero-order valence-electron chi connectivity index (χ0n) is 8.35. The molecule has 1 atom stereocenters. The lowest BCUT2D eigenvalue weighted by Crippen LogP contribution is -2.42. The second-order valence-corrected chi connectivity index (χ2v) is 5.84. The third kappa shape index (κ3) is 4.90. The molecule has 1 saturated heterocycles. The fourth-order valence-corrected chi connectivity index (χ4v) is 2.29. The minimum Gasteiger partial charge on any atom is -0.391 e. The lowest BCUT2D eigenvalue weighted by Gasteiger charge is -2.28. The van der Waals surface area contributed by atoms with E-state index in [9.17, 15) is 13.5 Å². The van der Waals surface area contributed by atoms with Gasteiger partial charge in [0.1, 0.15) is 9.84 Å². The number of aliphatic hydroxyl groups is 1. The normalized spacial score (nSPS) is 22.1. The van der Waals surface area contributed by atoms with Gasteiger partial charge in [0.2, 0.25) is 0 Å². The van der Waals surface area contributed by atoms with Crippen LogP contribution in [0.2, 0.25) is 0 Å². The van der Waals surface area contributed by atoms with Crippen molar-refractivity contribution in [2.45, 2.75) is 6.10 Å². The summed E-state index contributed by atoms with van der Waals surface area (Å²) in [5.41, 5.74) is 0. The SMILES string of the molecule is CS(=O)(=O)CC(O)CN1CCOCC1. The number of sulfone groups is 1. The molecule has 5 nitrogen and oxygen atoms in total. The molecule has 0 aromatic heterocycles. The number of hydrogen-bond donors (Lipinski definition) is 1. The summed E-state index contributed by atoms with van der Waals surface area (Å²) in [4.78, 5) is 2.01. The third-order valence-electron chi connectivity index (χ3n) is 2.07. The first kappa shape index (κ1) is 11.9. The van der Waals surface area contributed by atoms with Crippen molar-refractivity contribution in [3.63, 3.8) is 0 Å². The third-order valence-corrected chi connectivity index (χ3v) is 3.06. The van der Waals surface area contributed by atoms with Crippen molar-refractivity contribution in [1.82, 2.24) is 4.90 Å². The van der Waals surface area contributed by atoms with Gasteiger partial charge in [-0.2, -0.15) is 0 Å². The predicted octanol–water partition coefficient (Wildman–Crippen LogP) is -1.28. The quantitative estimate of drug-likeness (QED) is 0.643. The number of β-amino-alcohol motifs (C(OH)–C–C–N with tert-alkyl or cyclic N) is 1. The fraction of sp³-hybridized carbons (Fsp3) is 1.00. The Morgan fingerprint density at radius 1 is 1.43 bits per heavy atom. The molecular weight excluding hydrogens is 206 g/mol. The molecule has 1 rings (SSSR count). The summed E-state index contributed by atoms with van der Waals surface area (Å²) < 4.78 is 26.9. The van der Waals surface area contributed by atoms with Gasteiger partial charge in [-0.1, -0.05) is 0 Å². The number of aliphatic hydroxyl groups excluding tert-OH is 1. The van der Waals surface area contributed by atoms with E-state index in [-0.39, 0.29) is 5.75 Å². The topological polar surface area (TPSA) is 66.8 Å². The molecule has 1 fully saturated rings. The van der Waals surface area contributed by atoms with Crippen LogP contribution in [0.3, 0.4) is 0 Å². The first-order valence-electron chi connectivity index (χ1n) is 4.63. The molecule has 0 spiro atoms. The minimum absolute atomic E-state index is 0.162. The van der Waals surface area contributed by atoms with Crippen molar-refractivity contribution in [2.24, 2.45) is 0 Å². The number of nitrogens with zero attached hydrogens (tertiary/aromatic N) is 1. The maximum atomic E-state index is 10.9. The van der Waals surface area contributed by atoms with E-state index < -0.39 is 15.9 Å². The van der Waals surface area contributed by atoms with E-state index in [4.69, 9.17) is 4.74 Å². The van der Waals surface area contributed by atoms with E-state index in [1.54, 1.807) is 0 Å². The van der Waals surface area contributed by atoms with Crippen LogP contribution >= 0.6 is 0 Å². The van der Waals surface area contributed by atoms with Crippen LogP contribution in [-0.4, -0.2) is 69.4 Å². The van der Waals surface area contributed by atoms with E-state index in [0.29, 0.717) is 19.8 Å². The Bertz CT molecular complexity index is 259. The first-order chi connectivity index (χ1) is 6.47. The standard InChI is InChI=1S/C8H17NO4S/c1-14(11,12)7-8(10)6-9-2-4-13-5-3-9/h8,10H,2-7H2,1H3. The summed E-state index contributed by atoms with van der Waals surface area (Å²) in [7, 11) is -3.08. The predicted molar refractivity (Wildman–Crippen MR) is 53.0 cm³/mol. The highest BCUT2D eigenvalue weighted by molar-refractivity contribution is 7.90. The average Bonchev–Trinajstić information content (AvgIpc) is 2.02. The highest BCUT2D eigenvalue weighted by Crippen LogP contribution is 2.00. The van der Waals surface area contributed by atoms with Crippen LogP contribution in [0.25, 0.3) is 0 Å². The van der Waals surface area contributed by atoms with Crippen LogP contribution in [0.4, 0.5) is 0 Å². The molecule has 6 heteroatoms. The number of ether oxygens (including phenoxy) is 1. The van der Waals surface area contributed by atoms with Gasteiger partial charge in [-0.25, -0.2) is 8.42 Å². The van der Waals surface area contributed by atoms with E-state index in [1.165, 1.54) is 0 Å².